The smallest absolute Gasteiger partial charge is 0.320 e. The van der Waals surface area contributed by atoms with Gasteiger partial charge in [0.1, 0.15) is 0 Å². The lowest BCUT2D eigenvalue weighted by Crippen LogP contribution is -2.54. The van der Waals surface area contributed by atoms with Crippen molar-refractivity contribution in [3.05, 3.63) is 42.3 Å². The molecule has 2 aromatic heterocycles. The van der Waals surface area contributed by atoms with Gasteiger partial charge in [0.05, 0.1) is 0 Å². The average Bonchev–Trinajstić information content (AvgIpc) is 2.85. The van der Waals surface area contributed by atoms with Crippen molar-refractivity contribution in [2.45, 2.75) is 64.1 Å². The highest BCUT2D eigenvalue weighted by molar-refractivity contribution is 5.90. The van der Waals surface area contributed by atoms with Crippen molar-refractivity contribution >= 4 is 40.2 Å². The highest BCUT2D eigenvalue weighted by atomic mass is 19.1. The number of carbonyl (C=O) groups excluding carboxylic acids is 1. The van der Waals surface area contributed by atoms with Gasteiger partial charge in [-0.2, -0.15) is 4.98 Å². The van der Waals surface area contributed by atoms with E-state index in [0.717, 1.165) is 44.5 Å². The minimum absolute atomic E-state index is 0.116. The molecule has 10 heteroatoms. The summed E-state index contributed by atoms with van der Waals surface area (Å²) >= 11 is 0. The third kappa shape index (κ3) is 5.81. The van der Waals surface area contributed by atoms with E-state index >= 15 is 0 Å². The molecule has 1 saturated carbocycles. The summed E-state index contributed by atoms with van der Waals surface area (Å²) in [6.07, 6.45) is 6.78. The quantitative estimate of drug-likeness (QED) is 0.414. The SMILES string of the molecule is CC1CN(c2ccc(Nc3ncc4cc(F)c(NC(=O)NC5CCCCC5)nc4n3)cc2)CC(C)N1. The Morgan fingerprint density at radius 1 is 1.06 bits per heavy atom. The summed E-state index contributed by atoms with van der Waals surface area (Å²) in [5.74, 6) is -0.432. The van der Waals surface area contributed by atoms with E-state index in [0.29, 0.717) is 29.1 Å². The van der Waals surface area contributed by atoms with Crippen LogP contribution in [0.3, 0.4) is 0 Å². The number of amides is 2. The van der Waals surface area contributed by atoms with E-state index in [-0.39, 0.29) is 11.9 Å². The van der Waals surface area contributed by atoms with Crippen LogP contribution in [0.5, 0.6) is 0 Å². The van der Waals surface area contributed by atoms with Gasteiger partial charge in [0.2, 0.25) is 5.95 Å². The number of benzene rings is 1. The molecule has 2 aliphatic rings. The molecule has 4 N–H and O–H groups in total. The zero-order chi connectivity index (χ0) is 25.1. The van der Waals surface area contributed by atoms with E-state index in [2.05, 4.69) is 67.1 Å². The predicted octanol–water partition coefficient (Wildman–Crippen LogP) is 4.55. The summed E-state index contributed by atoms with van der Waals surface area (Å²) in [5, 5.41) is 12.6. The maximum absolute atomic E-state index is 14.6. The third-order valence-electron chi connectivity index (χ3n) is 6.74. The van der Waals surface area contributed by atoms with Crippen LogP contribution >= 0.6 is 0 Å². The Hall–Kier alpha value is -3.53. The number of aromatic nitrogens is 3. The van der Waals surface area contributed by atoms with E-state index in [9.17, 15) is 9.18 Å². The number of carbonyl (C=O) groups is 1. The van der Waals surface area contributed by atoms with Gasteiger partial charge in [-0.05, 0) is 57.0 Å². The second kappa shape index (κ2) is 10.6. The first-order valence-corrected chi connectivity index (χ1v) is 12.7. The van der Waals surface area contributed by atoms with Crippen molar-refractivity contribution in [2.24, 2.45) is 0 Å². The number of anilines is 4. The first-order chi connectivity index (χ1) is 17.4. The van der Waals surface area contributed by atoms with Gasteiger partial charge in [0.15, 0.2) is 17.3 Å². The molecule has 9 nitrogen and oxygen atoms in total. The lowest BCUT2D eigenvalue weighted by atomic mass is 9.96. The molecule has 0 radical (unpaired) electrons. The van der Waals surface area contributed by atoms with Gasteiger partial charge in [-0.1, -0.05) is 19.3 Å². The molecule has 190 valence electrons. The Kier molecular flexibility index (Phi) is 7.13. The molecule has 1 aliphatic heterocycles. The Morgan fingerprint density at radius 2 is 1.78 bits per heavy atom. The number of hydrogen-bond donors (Lipinski definition) is 4. The number of fused-ring (bicyclic) bond motifs is 1. The molecular weight excluding hydrogens is 459 g/mol. The molecule has 3 heterocycles. The molecule has 0 spiro atoms. The minimum atomic E-state index is -0.627. The predicted molar refractivity (Wildman–Crippen MR) is 140 cm³/mol. The number of nitrogens with one attached hydrogen (secondary N) is 4. The minimum Gasteiger partial charge on any atom is -0.368 e. The highest BCUT2D eigenvalue weighted by Gasteiger charge is 2.21. The fourth-order valence-electron chi connectivity index (χ4n) is 5.08. The van der Waals surface area contributed by atoms with Crippen molar-refractivity contribution < 1.29 is 9.18 Å². The van der Waals surface area contributed by atoms with Crippen LogP contribution < -0.4 is 26.2 Å². The van der Waals surface area contributed by atoms with Crippen LogP contribution in [-0.2, 0) is 0 Å². The molecule has 1 saturated heterocycles. The first-order valence-electron chi connectivity index (χ1n) is 12.7. The van der Waals surface area contributed by atoms with Crippen molar-refractivity contribution in [3.8, 4) is 0 Å². The summed E-state index contributed by atoms with van der Waals surface area (Å²) in [4.78, 5) is 27.7. The maximum Gasteiger partial charge on any atom is 0.320 e. The van der Waals surface area contributed by atoms with Crippen LogP contribution in [-0.4, -0.2) is 52.2 Å². The average molecular weight is 493 g/mol. The second-order valence-corrected chi connectivity index (χ2v) is 9.90. The topological polar surface area (TPSA) is 107 Å². The molecular formula is C26H33FN8O. The maximum atomic E-state index is 14.6. The Morgan fingerprint density at radius 3 is 2.50 bits per heavy atom. The number of urea groups is 1. The molecule has 1 aromatic carbocycles. The summed E-state index contributed by atoms with van der Waals surface area (Å²) in [5.41, 5.74) is 2.29. The van der Waals surface area contributed by atoms with E-state index < -0.39 is 11.8 Å². The number of pyridine rings is 1. The van der Waals surface area contributed by atoms with Crippen molar-refractivity contribution in [1.82, 2.24) is 25.6 Å². The van der Waals surface area contributed by atoms with Gasteiger partial charge in [-0.3, -0.25) is 5.32 Å². The van der Waals surface area contributed by atoms with E-state index in [1.807, 2.05) is 12.1 Å². The molecule has 2 unspecified atom stereocenters. The molecule has 3 aromatic rings. The summed E-state index contributed by atoms with van der Waals surface area (Å²) < 4.78 is 14.6. The molecule has 2 fully saturated rings. The number of nitrogens with zero attached hydrogens (tertiary/aromatic N) is 4. The fraction of sp³-hybridized carbons (Fsp3) is 0.462. The molecule has 2 atom stereocenters. The van der Waals surface area contributed by atoms with Crippen molar-refractivity contribution in [3.63, 3.8) is 0 Å². The van der Waals surface area contributed by atoms with Crippen LogP contribution in [0.4, 0.5) is 32.3 Å². The largest absolute Gasteiger partial charge is 0.368 e. The van der Waals surface area contributed by atoms with E-state index in [1.165, 1.54) is 24.4 Å². The normalized spacial score (nSPS) is 20.8. The monoisotopic (exact) mass is 492 g/mol. The van der Waals surface area contributed by atoms with Gasteiger partial charge >= 0.3 is 6.03 Å². The number of rotatable bonds is 5. The molecule has 5 rings (SSSR count). The Labute approximate surface area is 210 Å². The Balaban J connectivity index is 1.26. The molecule has 36 heavy (non-hydrogen) atoms. The van der Waals surface area contributed by atoms with Gasteiger partial charge in [0, 0.05) is 54.2 Å². The fourth-order valence-corrected chi connectivity index (χ4v) is 5.08. The lowest BCUT2D eigenvalue weighted by Gasteiger charge is -2.37. The lowest BCUT2D eigenvalue weighted by molar-refractivity contribution is 0.244. The third-order valence-corrected chi connectivity index (χ3v) is 6.74. The van der Waals surface area contributed by atoms with Crippen LogP contribution in [0.2, 0.25) is 0 Å². The van der Waals surface area contributed by atoms with Crippen molar-refractivity contribution in [1.29, 1.82) is 0 Å². The standard InChI is InChI=1S/C26H33FN8O/c1-16-14-35(15-17(2)29-16)21-10-8-20(9-11-21)30-25-28-13-18-12-22(27)24(32-23(18)33-25)34-26(36)31-19-6-4-3-5-7-19/h8-13,16-17,19,29H,3-7,14-15H2,1-2H3,(H3,28,30,31,32,33,34,36). The van der Waals surface area contributed by atoms with Crippen LogP contribution in [0.15, 0.2) is 36.5 Å². The molecule has 2 amide bonds. The Bertz CT molecular complexity index is 1200. The van der Waals surface area contributed by atoms with Crippen LogP contribution in [0, 0.1) is 5.82 Å². The van der Waals surface area contributed by atoms with Gasteiger partial charge < -0.3 is 20.9 Å². The van der Waals surface area contributed by atoms with Crippen LogP contribution in [0.25, 0.3) is 11.0 Å². The molecule has 0 bridgehead atoms. The van der Waals surface area contributed by atoms with Crippen molar-refractivity contribution in [2.75, 3.05) is 28.6 Å². The van der Waals surface area contributed by atoms with Crippen LogP contribution in [0.1, 0.15) is 46.0 Å². The molecule has 1 aliphatic carbocycles. The number of piperazine rings is 1. The number of halogens is 1. The first kappa shape index (κ1) is 24.2. The number of hydrogen-bond acceptors (Lipinski definition) is 7. The zero-order valence-corrected chi connectivity index (χ0v) is 20.7. The second-order valence-electron chi connectivity index (χ2n) is 9.90. The van der Waals surface area contributed by atoms with E-state index in [1.54, 1.807) is 0 Å². The van der Waals surface area contributed by atoms with Gasteiger partial charge in [0.25, 0.3) is 0 Å². The van der Waals surface area contributed by atoms with Gasteiger partial charge in [-0.25, -0.2) is 19.2 Å². The summed E-state index contributed by atoms with van der Waals surface area (Å²) in [6.45, 7) is 6.31. The summed E-state index contributed by atoms with van der Waals surface area (Å²) in [7, 11) is 0. The zero-order valence-electron chi connectivity index (χ0n) is 20.7. The summed E-state index contributed by atoms with van der Waals surface area (Å²) in [6, 6.07) is 9.96. The van der Waals surface area contributed by atoms with E-state index in [4.69, 9.17) is 0 Å². The highest BCUT2D eigenvalue weighted by Crippen LogP contribution is 2.24. The van der Waals surface area contributed by atoms with Gasteiger partial charge in [-0.15, -0.1) is 0 Å².